The van der Waals surface area contributed by atoms with Gasteiger partial charge in [0.1, 0.15) is 18.4 Å². The topological polar surface area (TPSA) is 318 Å². The van der Waals surface area contributed by atoms with Crippen LogP contribution >= 0.6 is 0 Å². The average molecular weight is 684 g/mol. The maximum Gasteiger partial charge on any atom is 0.330 e. The molecule has 0 spiro atoms. The van der Waals surface area contributed by atoms with E-state index in [2.05, 4.69) is 35.6 Å². The molecule has 1 aromatic carbocycles. The summed E-state index contributed by atoms with van der Waals surface area (Å²) in [5.74, 6) is -3.16. The number of rotatable bonds is 11. The number of aryl methyl sites for hydroxylation is 1. The molecule has 0 bridgehead atoms. The number of carboxylic acids is 2. The number of hydrogen-bond acceptors (Lipinski definition) is 14. The number of aliphatic hydroxyl groups excluding tert-OH is 2. The molecule has 1 amide bonds. The van der Waals surface area contributed by atoms with Crippen LogP contribution in [0.3, 0.4) is 0 Å². The molecule has 4 heterocycles. The number of nitrogens with one attached hydrogen (secondary N) is 4. The maximum atomic E-state index is 12.3. The zero-order valence-corrected chi connectivity index (χ0v) is 25.8. The molecule has 1 aliphatic heterocycles. The van der Waals surface area contributed by atoms with Gasteiger partial charge < -0.3 is 41.5 Å². The van der Waals surface area contributed by atoms with Crippen molar-refractivity contribution < 1.29 is 39.5 Å². The Bertz CT molecular complexity index is 2010. The molecular weight excluding hydrogens is 650 g/mol. The van der Waals surface area contributed by atoms with Gasteiger partial charge in [-0.15, -0.1) is 0 Å². The summed E-state index contributed by atoms with van der Waals surface area (Å²) < 4.78 is 6.54. The van der Waals surface area contributed by atoms with Crippen LogP contribution in [0.1, 0.15) is 47.1 Å². The largest absolute Gasteiger partial charge is 0.481 e. The summed E-state index contributed by atoms with van der Waals surface area (Å²) in [6.07, 6.45) is 0.260. The molecule has 0 aliphatic carbocycles. The van der Waals surface area contributed by atoms with Crippen molar-refractivity contribution in [2.45, 2.75) is 57.2 Å². The number of H-pyrrole nitrogens is 2. The lowest BCUT2D eigenvalue weighted by Crippen LogP contribution is -2.41. The van der Waals surface area contributed by atoms with Crippen molar-refractivity contribution in [2.75, 3.05) is 17.7 Å². The van der Waals surface area contributed by atoms with Gasteiger partial charge in [0.2, 0.25) is 5.95 Å². The minimum atomic E-state index is -1.31. The number of hydrogen-bond donors (Lipinski definition) is 9. The molecule has 0 radical (unpaired) electrons. The van der Waals surface area contributed by atoms with E-state index in [0.717, 1.165) is 0 Å². The zero-order valence-electron chi connectivity index (χ0n) is 25.8. The van der Waals surface area contributed by atoms with Crippen molar-refractivity contribution in [3.8, 4) is 0 Å². The van der Waals surface area contributed by atoms with Crippen molar-refractivity contribution in [3.63, 3.8) is 0 Å². The predicted molar refractivity (Wildman–Crippen MR) is 170 cm³/mol. The van der Waals surface area contributed by atoms with E-state index in [1.165, 1.54) is 29.1 Å². The number of aliphatic carboxylic acids is 2. The Morgan fingerprint density at radius 3 is 2.45 bits per heavy atom. The highest BCUT2D eigenvalue weighted by Gasteiger charge is 2.35. The second kappa shape index (κ2) is 15.7. The standard InChI is InChI=1S/C19H19N7O6.C10H14N2O5/c20-19-25-15-14(17(30)26-19)23-11(8-22-15)7-21-10-3-1-9(2-4-10)16(29)24-12(18(31)32)5-6-13(27)28;1-5-3-12(10(16)11-9(5)15)8-2-6(14)7(4-13)17-8/h1-4,8,12,21H,5-7H2,(H,24,29)(H,27,28)(H,31,32)(H3,20,22,25,26,30);3,6-8,13-14H,2,4H2,1H3,(H,11,15,16)/t;6-,7+,8+/m.0/s1. The summed E-state index contributed by atoms with van der Waals surface area (Å²) in [6.45, 7) is 1.49. The summed E-state index contributed by atoms with van der Waals surface area (Å²) in [5, 5.41) is 41.7. The monoisotopic (exact) mass is 683 g/mol. The highest BCUT2D eigenvalue weighted by atomic mass is 16.5. The number of ether oxygens (including phenoxy) is 1. The molecule has 1 aliphatic rings. The Kier molecular flexibility index (Phi) is 11.5. The normalized spacial score (nSPS) is 17.5. The molecule has 20 heteroatoms. The summed E-state index contributed by atoms with van der Waals surface area (Å²) in [5.41, 5.74) is 5.83. The van der Waals surface area contributed by atoms with E-state index in [1.54, 1.807) is 19.1 Å². The third-order valence-electron chi connectivity index (χ3n) is 7.20. The van der Waals surface area contributed by atoms with E-state index in [0.29, 0.717) is 16.9 Å². The van der Waals surface area contributed by atoms with E-state index in [9.17, 15) is 33.9 Å². The van der Waals surface area contributed by atoms with Gasteiger partial charge in [0, 0.05) is 35.9 Å². The molecule has 0 saturated carbocycles. The zero-order chi connectivity index (χ0) is 35.8. The minimum absolute atomic E-state index is 0.0524. The van der Waals surface area contributed by atoms with Gasteiger partial charge in [-0.3, -0.25) is 33.7 Å². The third-order valence-corrected chi connectivity index (χ3v) is 7.20. The molecule has 5 rings (SSSR count). The van der Waals surface area contributed by atoms with Crippen LogP contribution in [0, 0.1) is 6.92 Å². The lowest BCUT2D eigenvalue weighted by Gasteiger charge is -2.14. The summed E-state index contributed by atoms with van der Waals surface area (Å²) >= 11 is 0. The van der Waals surface area contributed by atoms with Gasteiger partial charge in [-0.2, -0.15) is 4.98 Å². The first-order valence-electron chi connectivity index (χ1n) is 14.6. The number of aliphatic hydroxyl groups is 2. The van der Waals surface area contributed by atoms with Gasteiger partial charge >= 0.3 is 17.6 Å². The van der Waals surface area contributed by atoms with E-state index in [-0.39, 0.29) is 55.1 Å². The van der Waals surface area contributed by atoms with Gasteiger partial charge in [-0.05, 0) is 37.6 Å². The summed E-state index contributed by atoms with van der Waals surface area (Å²) in [4.78, 5) is 85.5. The van der Waals surface area contributed by atoms with Crippen LogP contribution in [0.25, 0.3) is 11.2 Å². The van der Waals surface area contributed by atoms with Crippen molar-refractivity contribution in [2.24, 2.45) is 0 Å². The number of anilines is 2. The number of aromatic amines is 2. The molecule has 1 fully saturated rings. The van der Waals surface area contributed by atoms with Crippen molar-refractivity contribution in [1.82, 2.24) is 34.8 Å². The second-order valence-electron chi connectivity index (χ2n) is 10.8. The van der Waals surface area contributed by atoms with Crippen molar-refractivity contribution in [1.29, 1.82) is 0 Å². The van der Waals surface area contributed by atoms with Gasteiger partial charge in [0.25, 0.3) is 17.0 Å². The van der Waals surface area contributed by atoms with Gasteiger partial charge in [0.05, 0.1) is 31.1 Å². The average Bonchev–Trinajstić information content (AvgIpc) is 3.44. The molecular formula is C29H33N9O11. The number of carboxylic acid groups (broad SMARTS) is 2. The molecule has 1 unspecified atom stereocenters. The Labute approximate surface area is 274 Å². The number of nitrogens with two attached hydrogens (primary N) is 1. The number of benzene rings is 1. The molecule has 260 valence electrons. The predicted octanol–water partition coefficient (Wildman–Crippen LogP) is -1.56. The van der Waals surface area contributed by atoms with Crippen LogP contribution in [-0.4, -0.2) is 92.6 Å². The first-order chi connectivity index (χ1) is 23.2. The first kappa shape index (κ1) is 35.9. The van der Waals surface area contributed by atoms with Crippen LogP contribution in [0.5, 0.6) is 0 Å². The number of aromatic nitrogens is 6. The fourth-order valence-electron chi connectivity index (χ4n) is 4.61. The Morgan fingerprint density at radius 1 is 1.10 bits per heavy atom. The van der Waals surface area contributed by atoms with Crippen LogP contribution in [-0.2, 0) is 20.9 Å². The first-order valence-corrected chi connectivity index (χ1v) is 14.6. The lowest BCUT2D eigenvalue weighted by atomic mass is 10.1. The molecule has 49 heavy (non-hydrogen) atoms. The highest BCUT2D eigenvalue weighted by molar-refractivity contribution is 5.97. The third kappa shape index (κ3) is 9.31. The van der Waals surface area contributed by atoms with Crippen LogP contribution in [0.15, 0.2) is 51.0 Å². The number of carbonyl (C=O) groups excluding carboxylic acids is 1. The Hall–Kier alpha value is -5.99. The quantitative estimate of drug-likeness (QED) is 0.0863. The SMILES string of the molecule is Cc1cn([C@H]2C[C@H](O)[C@@H](CO)O2)c(=O)[nH]c1=O.Nc1nc2ncc(CNc3ccc(C(=O)NC(CCC(=O)O)C(=O)O)cc3)nc2c(=O)[nH]1. The molecule has 4 atom stereocenters. The summed E-state index contributed by atoms with van der Waals surface area (Å²) in [7, 11) is 0. The van der Waals surface area contributed by atoms with Crippen molar-refractivity contribution >= 4 is 40.6 Å². The van der Waals surface area contributed by atoms with Crippen LogP contribution in [0.4, 0.5) is 11.6 Å². The van der Waals surface area contributed by atoms with E-state index in [1.807, 2.05) is 0 Å². The van der Waals surface area contributed by atoms with Crippen LogP contribution in [0.2, 0.25) is 0 Å². The lowest BCUT2D eigenvalue weighted by molar-refractivity contribution is -0.140. The van der Waals surface area contributed by atoms with E-state index < -0.39 is 59.1 Å². The van der Waals surface area contributed by atoms with E-state index in [4.69, 9.17) is 25.8 Å². The number of carbonyl (C=O) groups is 3. The minimum Gasteiger partial charge on any atom is -0.481 e. The molecule has 3 aromatic heterocycles. The van der Waals surface area contributed by atoms with Gasteiger partial charge in [-0.25, -0.2) is 19.6 Å². The number of fused-ring (bicyclic) bond motifs is 1. The van der Waals surface area contributed by atoms with Crippen molar-refractivity contribution in [3.05, 3.63) is 84.7 Å². The molecule has 20 nitrogen and oxygen atoms in total. The summed E-state index contributed by atoms with van der Waals surface area (Å²) in [6, 6.07) is 4.86. The number of nitrogen functional groups attached to an aromatic ring is 1. The Morgan fingerprint density at radius 2 is 1.82 bits per heavy atom. The second-order valence-corrected chi connectivity index (χ2v) is 10.8. The molecule has 10 N–H and O–H groups in total. The van der Waals surface area contributed by atoms with Gasteiger partial charge in [0.15, 0.2) is 11.2 Å². The highest BCUT2D eigenvalue weighted by Crippen LogP contribution is 2.27. The van der Waals surface area contributed by atoms with E-state index >= 15 is 0 Å². The van der Waals surface area contributed by atoms with Crippen LogP contribution < -0.4 is 33.2 Å². The Balaban J connectivity index is 0.000000266. The maximum absolute atomic E-state index is 12.3. The molecule has 1 saturated heterocycles. The molecule has 4 aromatic rings. The fourth-order valence-corrected chi connectivity index (χ4v) is 4.61. The number of nitrogens with zero attached hydrogens (tertiary/aromatic N) is 4. The smallest absolute Gasteiger partial charge is 0.330 e. The van der Waals surface area contributed by atoms with Gasteiger partial charge in [-0.1, -0.05) is 0 Å². The fraction of sp³-hybridized carbons (Fsp3) is 0.345. The number of amides is 1.